The molecule has 3 nitrogen and oxygen atoms in total. The van der Waals surface area contributed by atoms with E-state index in [2.05, 4.69) is 193 Å². The average Bonchev–Trinajstić information content (AvgIpc) is 3.88. The van der Waals surface area contributed by atoms with Gasteiger partial charge in [0, 0.05) is 49.4 Å². The standard InChI is InChI=1S/C56H37NO2/c1-3-14-43-38(11-1)13-9-18-44(43)40-25-23-36(24-26-40)37-27-30-41(31-28-37)57(42-32-34-54-51(35-42)47-17-6-8-22-53(47)58-54)52-21-7-5-16-46(52)48-19-10-20-49-50-33-29-39-12-2-4-15-45(39)55(50)59-56(48)49/h1-8,10-12,14-35H,9,13H2. The number of allylic oxidation sites excluding steroid dienone is 1. The second-order valence-electron chi connectivity index (χ2n) is 15.5. The molecule has 0 radical (unpaired) electrons. The Morgan fingerprint density at radius 2 is 1.03 bits per heavy atom. The number of nitrogens with zero attached hydrogens (tertiary/aromatic N) is 1. The van der Waals surface area contributed by atoms with Crippen molar-refractivity contribution in [2.45, 2.75) is 12.8 Å². The summed E-state index contributed by atoms with van der Waals surface area (Å²) in [6.45, 7) is 0. The third-order valence-electron chi connectivity index (χ3n) is 12.2. The smallest absolute Gasteiger partial charge is 0.143 e. The van der Waals surface area contributed by atoms with Crippen LogP contribution in [-0.4, -0.2) is 0 Å². The quantitative estimate of drug-likeness (QED) is 0.169. The summed E-state index contributed by atoms with van der Waals surface area (Å²) in [6, 6.07) is 69.6. The largest absolute Gasteiger partial charge is 0.456 e. The van der Waals surface area contributed by atoms with Gasteiger partial charge >= 0.3 is 0 Å². The number of fused-ring (bicyclic) bond motifs is 9. The molecule has 278 valence electrons. The normalized spacial score (nSPS) is 12.7. The SMILES string of the molecule is C1=C(c2ccc(-c3ccc(N(c4ccc5oc6ccccc6c5c4)c4ccccc4-c4cccc5c4oc4c6ccccc6ccc54)cc3)cc2)c2ccccc2CC1. The molecule has 0 amide bonds. The Bertz CT molecular complexity index is 3440. The van der Waals surface area contributed by atoms with Crippen LogP contribution in [0.1, 0.15) is 23.1 Å². The van der Waals surface area contributed by atoms with E-state index in [9.17, 15) is 0 Å². The summed E-state index contributed by atoms with van der Waals surface area (Å²) < 4.78 is 13.2. The van der Waals surface area contributed by atoms with E-state index in [-0.39, 0.29) is 0 Å². The summed E-state index contributed by atoms with van der Waals surface area (Å²) in [5, 5.41) is 6.70. The lowest BCUT2D eigenvalue weighted by atomic mass is 9.86. The number of rotatable bonds is 6. The number of para-hydroxylation sites is 3. The Kier molecular flexibility index (Phi) is 7.67. The second kappa shape index (κ2) is 13.5. The molecule has 9 aromatic carbocycles. The van der Waals surface area contributed by atoms with Crippen molar-refractivity contribution in [1.29, 1.82) is 0 Å². The zero-order valence-corrected chi connectivity index (χ0v) is 32.2. The fourth-order valence-electron chi connectivity index (χ4n) is 9.32. The van der Waals surface area contributed by atoms with Crippen LogP contribution in [0.4, 0.5) is 17.1 Å². The Balaban J connectivity index is 0.993. The van der Waals surface area contributed by atoms with Crippen LogP contribution in [0.15, 0.2) is 209 Å². The highest BCUT2D eigenvalue weighted by Crippen LogP contribution is 2.46. The van der Waals surface area contributed by atoms with E-state index in [1.54, 1.807) is 0 Å². The number of hydrogen-bond acceptors (Lipinski definition) is 3. The molecule has 0 saturated carbocycles. The first-order valence-electron chi connectivity index (χ1n) is 20.4. The minimum absolute atomic E-state index is 0.869. The van der Waals surface area contributed by atoms with Crippen molar-refractivity contribution in [2.24, 2.45) is 0 Å². The molecule has 0 atom stereocenters. The van der Waals surface area contributed by atoms with Gasteiger partial charge in [-0.05, 0) is 100 Å². The lowest BCUT2D eigenvalue weighted by Crippen LogP contribution is -2.11. The lowest BCUT2D eigenvalue weighted by Gasteiger charge is -2.28. The monoisotopic (exact) mass is 755 g/mol. The van der Waals surface area contributed by atoms with E-state index in [0.717, 1.165) is 90.3 Å². The van der Waals surface area contributed by atoms with Gasteiger partial charge in [-0.3, -0.25) is 0 Å². The first-order valence-corrected chi connectivity index (χ1v) is 20.4. The van der Waals surface area contributed by atoms with Crippen molar-refractivity contribution in [2.75, 3.05) is 4.90 Å². The predicted octanol–water partition coefficient (Wildman–Crippen LogP) is 15.8. The highest BCUT2D eigenvalue weighted by molar-refractivity contribution is 6.18. The van der Waals surface area contributed by atoms with Crippen LogP contribution in [0.2, 0.25) is 0 Å². The summed E-state index contributed by atoms with van der Waals surface area (Å²) in [7, 11) is 0. The van der Waals surface area contributed by atoms with E-state index in [0.29, 0.717) is 0 Å². The van der Waals surface area contributed by atoms with Gasteiger partial charge in [-0.25, -0.2) is 0 Å². The Hall–Kier alpha value is -7.62. The van der Waals surface area contributed by atoms with Crippen LogP contribution in [0, 0.1) is 0 Å². The van der Waals surface area contributed by atoms with E-state index in [4.69, 9.17) is 8.83 Å². The Morgan fingerprint density at radius 3 is 1.92 bits per heavy atom. The molecule has 2 heterocycles. The number of anilines is 3. The van der Waals surface area contributed by atoms with E-state index < -0.39 is 0 Å². The van der Waals surface area contributed by atoms with Gasteiger partial charge < -0.3 is 13.7 Å². The molecule has 11 aromatic rings. The van der Waals surface area contributed by atoms with Gasteiger partial charge in [0.2, 0.25) is 0 Å². The van der Waals surface area contributed by atoms with E-state index in [1.807, 2.05) is 12.1 Å². The molecule has 2 aromatic heterocycles. The van der Waals surface area contributed by atoms with Crippen LogP contribution in [0.25, 0.3) is 82.5 Å². The topological polar surface area (TPSA) is 29.5 Å². The summed E-state index contributed by atoms with van der Waals surface area (Å²) >= 11 is 0. The molecular formula is C56H37NO2. The first kappa shape index (κ1) is 33.5. The fourth-order valence-corrected chi connectivity index (χ4v) is 9.32. The molecule has 1 aliphatic carbocycles. The van der Waals surface area contributed by atoms with Crippen LogP contribution < -0.4 is 4.90 Å². The molecule has 12 rings (SSSR count). The maximum Gasteiger partial charge on any atom is 0.143 e. The van der Waals surface area contributed by atoms with Crippen LogP contribution in [0.3, 0.4) is 0 Å². The summed E-state index contributed by atoms with van der Waals surface area (Å²) in [5.74, 6) is 0. The summed E-state index contributed by atoms with van der Waals surface area (Å²) in [4.78, 5) is 2.37. The third-order valence-corrected chi connectivity index (χ3v) is 12.2. The Labute approximate surface area is 341 Å². The van der Waals surface area contributed by atoms with Gasteiger partial charge in [-0.1, -0.05) is 152 Å². The van der Waals surface area contributed by atoms with Gasteiger partial charge in [0.15, 0.2) is 0 Å². The van der Waals surface area contributed by atoms with Crippen molar-refractivity contribution < 1.29 is 8.83 Å². The zero-order valence-electron chi connectivity index (χ0n) is 32.2. The average molecular weight is 756 g/mol. The van der Waals surface area contributed by atoms with Crippen LogP contribution in [-0.2, 0) is 6.42 Å². The lowest BCUT2D eigenvalue weighted by molar-refractivity contribution is 0.669. The van der Waals surface area contributed by atoms with Crippen molar-refractivity contribution in [3.63, 3.8) is 0 Å². The molecule has 59 heavy (non-hydrogen) atoms. The zero-order chi connectivity index (χ0) is 38.9. The van der Waals surface area contributed by atoms with Crippen LogP contribution in [0.5, 0.6) is 0 Å². The van der Waals surface area contributed by atoms with Gasteiger partial charge in [-0.15, -0.1) is 0 Å². The highest BCUT2D eigenvalue weighted by Gasteiger charge is 2.22. The van der Waals surface area contributed by atoms with Gasteiger partial charge in [-0.2, -0.15) is 0 Å². The van der Waals surface area contributed by atoms with Crippen LogP contribution >= 0.6 is 0 Å². The molecule has 1 aliphatic rings. The van der Waals surface area contributed by atoms with Crippen molar-refractivity contribution >= 4 is 77.3 Å². The summed E-state index contributed by atoms with van der Waals surface area (Å²) in [5.41, 5.74) is 16.6. The molecule has 0 spiro atoms. The molecule has 0 bridgehead atoms. The summed E-state index contributed by atoms with van der Waals surface area (Å²) in [6.07, 6.45) is 4.56. The molecule has 0 fully saturated rings. The van der Waals surface area contributed by atoms with Gasteiger partial charge in [0.1, 0.15) is 22.3 Å². The Morgan fingerprint density at radius 1 is 0.390 bits per heavy atom. The third kappa shape index (κ3) is 5.50. The number of aryl methyl sites for hydroxylation is 1. The maximum absolute atomic E-state index is 6.89. The fraction of sp³-hybridized carbons (Fsp3) is 0.0357. The number of furan rings is 2. The number of benzene rings is 9. The maximum atomic E-state index is 6.89. The molecular weight excluding hydrogens is 719 g/mol. The second-order valence-corrected chi connectivity index (χ2v) is 15.5. The first-order chi connectivity index (χ1) is 29.2. The van der Waals surface area contributed by atoms with Gasteiger partial charge in [0.25, 0.3) is 0 Å². The molecule has 0 unspecified atom stereocenters. The van der Waals surface area contributed by atoms with Crippen molar-refractivity contribution in [3.05, 3.63) is 217 Å². The van der Waals surface area contributed by atoms with E-state index in [1.165, 1.54) is 38.8 Å². The minimum Gasteiger partial charge on any atom is -0.456 e. The minimum atomic E-state index is 0.869. The van der Waals surface area contributed by atoms with Crippen molar-refractivity contribution in [1.82, 2.24) is 0 Å². The molecule has 3 heteroatoms. The van der Waals surface area contributed by atoms with Crippen molar-refractivity contribution in [3.8, 4) is 22.3 Å². The van der Waals surface area contributed by atoms with Gasteiger partial charge in [0.05, 0.1) is 5.69 Å². The molecule has 0 aliphatic heterocycles. The number of hydrogen-bond donors (Lipinski definition) is 0. The molecule has 0 saturated heterocycles. The highest BCUT2D eigenvalue weighted by atomic mass is 16.3. The predicted molar refractivity (Wildman–Crippen MR) is 246 cm³/mol. The van der Waals surface area contributed by atoms with E-state index >= 15 is 0 Å². The molecule has 0 N–H and O–H groups in total.